The molecule has 0 radical (unpaired) electrons. The molecule has 5 heteroatoms. The Morgan fingerprint density at radius 3 is 2.53 bits per heavy atom. The third kappa shape index (κ3) is 2.47. The summed E-state index contributed by atoms with van der Waals surface area (Å²) in [7, 11) is 0. The van der Waals surface area contributed by atoms with E-state index in [1.165, 1.54) is 0 Å². The number of fused-ring (bicyclic) bond motifs is 1. The Morgan fingerprint density at radius 2 is 1.84 bits per heavy atom. The largest absolute Gasteiger partial charge is 0.246 e. The lowest BCUT2D eigenvalue weighted by atomic mass is 10.2. The van der Waals surface area contributed by atoms with Crippen molar-refractivity contribution in [3.8, 4) is 10.6 Å². The van der Waals surface area contributed by atoms with E-state index in [9.17, 15) is 0 Å². The molecule has 0 aliphatic rings. The van der Waals surface area contributed by atoms with Gasteiger partial charge in [0.05, 0.1) is 26.8 Å². The van der Waals surface area contributed by atoms with Gasteiger partial charge in [0.1, 0.15) is 0 Å². The number of hydrogen-bond acceptors (Lipinski definition) is 3. The standard InChI is InChI=1S/C14H10Br2N2S/c1-7-14(19-8(2)17-7)12-4-3-9-5-10(15)6-11(16)13(9)18-12/h3-6H,1-2H3. The summed E-state index contributed by atoms with van der Waals surface area (Å²) >= 11 is 8.76. The minimum atomic E-state index is 0.978. The average Bonchev–Trinajstić information content (AvgIpc) is 2.68. The number of aryl methyl sites for hydroxylation is 2. The second kappa shape index (κ2) is 4.96. The molecule has 0 unspecified atom stereocenters. The topological polar surface area (TPSA) is 25.8 Å². The van der Waals surface area contributed by atoms with Gasteiger partial charge >= 0.3 is 0 Å². The van der Waals surface area contributed by atoms with Crippen molar-refractivity contribution in [1.82, 2.24) is 9.97 Å². The molecule has 2 heterocycles. The molecule has 19 heavy (non-hydrogen) atoms. The SMILES string of the molecule is Cc1nc(C)c(-c2ccc3cc(Br)cc(Br)c3n2)s1. The van der Waals surface area contributed by atoms with Gasteiger partial charge in [-0.05, 0) is 48.0 Å². The Morgan fingerprint density at radius 1 is 1.05 bits per heavy atom. The number of benzene rings is 1. The van der Waals surface area contributed by atoms with Crippen LogP contribution in [0.1, 0.15) is 10.7 Å². The van der Waals surface area contributed by atoms with Crippen LogP contribution in [0, 0.1) is 13.8 Å². The molecule has 0 amide bonds. The first kappa shape index (κ1) is 13.2. The van der Waals surface area contributed by atoms with Crippen LogP contribution < -0.4 is 0 Å². The zero-order valence-electron chi connectivity index (χ0n) is 10.4. The van der Waals surface area contributed by atoms with Crippen molar-refractivity contribution in [3.63, 3.8) is 0 Å². The quantitative estimate of drug-likeness (QED) is 0.541. The van der Waals surface area contributed by atoms with E-state index in [1.807, 2.05) is 19.9 Å². The first-order valence-electron chi connectivity index (χ1n) is 5.75. The van der Waals surface area contributed by atoms with Crippen molar-refractivity contribution in [2.24, 2.45) is 0 Å². The lowest BCUT2D eigenvalue weighted by Gasteiger charge is -2.04. The molecule has 0 aliphatic heterocycles. The van der Waals surface area contributed by atoms with E-state index < -0.39 is 0 Å². The van der Waals surface area contributed by atoms with Gasteiger partial charge in [0, 0.05) is 14.3 Å². The zero-order chi connectivity index (χ0) is 13.6. The normalized spacial score (nSPS) is 11.2. The van der Waals surface area contributed by atoms with Crippen LogP contribution in [0.15, 0.2) is 33.2 Å². The highest BCUT2D eigenvalue weighted by molar-refractivity contribution is 9.11. The Kier molecular flexibility index (Phi) is 3.45. The molecule has 3 aromatic rings. The van der Waals surface area contributed by atoms with Gasteiger partial charge in [-0.25, -0.2) is 9.97 Å². The van der Waals surface area contributed by atoms with Crippen LogP contribution in [-0.4, -0.2) is 9.97 Å². The van der Waals surface area contributed by atoms with E-state index in [-0.39, 0.29) is 0 Å². The molecule has 0 bridgehead atoms. The van der Waals surface area contributed by atoms with Gasteiger partial charge in [-0.15, -0.1) is 11.3 Å². The number of thiazole rings is 1. The minimum absolute atomic E-state index is 0.978. The van der Waals surface area contributed by atoms with Crippen molar-refractivity contribution in [3.05, 3.63) is 43.9 Å². The van der Waals surface area contributed by atoms with Crippen molar-refractivity contribution >= 4 is 54.1 Å². The second-order valence-corrected chi connectivity index (χ2v) is 7.28. The summed E-state index contributed by atoms with van der Waals surface area (Å²) in [4.78, 5) is 10.4. The van der Waals surface area contributed by atoms with Gasteiger partial charge in [-0.3, -0.25) is 0 Å². The summed E-state index contributed by atoms with van der Waals surface area (Å²) in [5.41, 5.74) is 3.01. The molecular formula is C14H10Br2N2S. The molecule has 0 saturated carbocycles. The van der Waals surface area contributed by atoms with Crippen LogP contribution in [0.3, 0.4) is 0 Å². The maximum Gasteiger partial charge on any atom is 0.0904 e. The van der Waals surface area contributed by atoms with Gasteiger partial charge in [0.15, 0.2) is 0 Å². The van der Waals surface area contributed by atoms with E-state index >= 15 is 0 Å². The smallest absolute Gasteiger partial charge is 0.0904 e. The predicted octanol–water partition coefficient (Wildman–Crippen LogP) is 5.50. The number of rotatable bonds is 1. The number of pyridine rings is 1. The Bertz CT molecular complexity index is 780. The molecule has 2 aromatic heterocycles. The van der Waals surface area contributed by atoms with Gasteiger partial charge in [-0.1, -0.05) is 22.0 Å². The lowest BCUT2D eigenvalue weighted by Crippen LogP contribution is -1.86. The summed E-state index contributed by atoms with van der Waals surface area (Å²) < 4.78 is 2.05. The maximum atomic E-state index is 4.76. The van der Waals surface area contributed by atoms with E-state index in [4.69, 9.17) is 4.98 Å². The Balaban J connectivity index is 2.24. The molecule has 0 atom stereocenters. The Hall–Kier alpha value is -0.780. The fraction of sp³-hybridized carbons (Fsp3) is 0.143. The molecule has 0 saturated heterocycles. The zero-order valence-corrected chi connectivity index (χ0v) is 14.4. The van der Waals surface area contributed by atoms with Crippen LogP contribution in [0.2, 0.25) is 0 Å². The molecule has 3 rings (SSSR count). The van der Waals surface area contributed by atoms with Crippen LogP contribution in [0.5, 0.6) is 0 Å². The maximum absolute atomic E-state index is 4.76. The molecule has 0 spiro atoms. The first-order chi connectivity index (χ1) is 9.04. The average molecular weight is 398 g/mol. The highest BCUT2D eigenvalue weighted by atomic mass is 79.9. The highest BCUT2D eigenvalue weighted by Crippen LogP contribution is 2.32. The highest BCUT2D eigenvalue weighted by Gasteiger charge is 2.11. The third-order valence-corrected chi connectivity index (χ3v) is 5.00. The number of hydrogen-bond donors (Lipinski definition) is 0. The van der Waals surface area contributed by atoms with Crippen molar-refractivity contribution < 1.29 is 0 Å². The summed E-state index contributed by atoms with van der Waals surface area (Å²) in [6.07, 6.45) is 0. The van der Waals surface area contributed by atoms with Crippen LogP contribution in [0.4, 0.5) is 0 Å². The lowest BCUT2D eigenvalue weighted by molar-refractivity contribution is 1.20. The molecule has 96 valence electrons. The Labute approximate surface area is 132 Å². The monoisotopic (exact) mass is 396 g/mol. The summed E-state index contributed by atoms with van der Waals surface area (Å²) in [5.74, 6) is 0. The van der Waals surface area contributed by atoms with Crippen LogP contribution in [0.25, 0.3) is 21.5 Å². The fourth-order valence-corrected chi connectivity index (χ4v) is 4.29. The number of aromatic nitrogens is 2. The van der Waals surface area contributed by atoms with E-state index in [0.29, 0.717) is 0 Å². The molecule has 0 aliphatic carbocycles. The number of halogens is 2. The number of nitrogens with zero attached hydrogens (tertiary/aromatic N) is 2. The van der Waals surface area contributed by atoms with Crippen molar-refractivity contribution in [2.75, 3.05) is 0 Å². The predicted molar refractivity (Wildman–Crippen MR) is 87.7 cm³/mol. The van der Waals surface area contributed by atoms with Gasteiger partial charge in [0.2, 0.25) is 0 Å². The molecular weight excluding hydrogens is 388 g/mol. The van der Waals surface area contributed by atoms with E-state index in [1.54, 1.807) is 11.3 Å². The van der Waals surface area contributed by atoms with Crippen molar-refractivity contribution in [1.29, 1.82) is 0 Å². The third-order valence-electron chi connectivity index (χ3n) is 2.85. The van der Waals surface area contributed by atoms with Gasteiger partial charge < -0.3 is 0 Å². The summed E-state index contributed by atoms with van der Waals surface area (Å²) in [5, 5.41) is 2.19. The second-order valence-electron chi connectivity index (χ2n) is 4.30. The molecule has 0 N–H and O–H groups in total. The minimum Gasteiger partial charge on any atom is -0.246 e. The van der Waals surface area contributed by atoms with Gasteiger partial charge in [-0.2, -0.15) is 0 Å². The van der Waals surface area contributed by atoms with Crippen molar-refractivity contribution in [2.45, 2.75) is 13.8 Å². The molecule has 1 aromatic carbocycles. The van der Waals surface area contributed by atoms with E-state index in [2.05, 4.69) is 55.0 Å². The summed E-state index contributed by atoms with van der Waals surface area (Å²) in [6, 6.07) is 8.24. The van der Waals surface area contributed by atoms with Gasteiger partial charge in [0.25, 0.3) is 0 Å². The first-order valence-corrected chi connectivity index (χ1v) is 8.15. The molecule has 2 nitrogen and oxygen atoms in total. The van der Waals surface area contributed by atoms with Crippen LogP contribution in [-0.2, 0) is 0 Å². The summed E-state index contributed by atoms with van der Waals surface area (Å²) in [6.45, 7) is 4.05. The van der Waals surface area contributed by atoms with Crippen LogP contribution >= 0.6 is 43.2 Å². The molecule has 0 fully saturated rings. The van der Waals surface area contributed by atoms with E-state index in [0.717, 1.165) is 41.1 Å². The fourth-order valence-electron chi connectivity index (χ4n) is 2.05.